The van der Waals surface area contributed by atoms with Crippen LogP contribution in [0.5, 0.6) is 5.75 Å². The molecule has 37 heavy (non-hydrogen) atoms. The number of hydrogen-bond donors (Lipinski definition) is 2. The number of halogens is 4. The molecule has 0 radical (unpaired) electrons. The number of anilines is 1. The van der Waals surface area contributed by atoms with Crippen molar-refractivity contribution < 1.29 is 30.7 Å². The highest BCUT2D eigenvalue weighted by atomic mass is 32.2. The third-order valence-electron chi connectivity index (χ3n) is 6.03. The minimum atomic E-state index is -4.86. The minimum Gasteiger partial charge on any atom is -0.492 e. The van der Waals surface area contributed by atoms with Crippen molar-refractivity contribution in [2.45, 2.75) is 36.9 Å². The molecule has 0 saturated carbocycles. The summed E-state index contributed by atoms with van der Waals surface area (Å²) in [6.07, 6.45) is -1.34. The summed E-state index contributed by atoms with van der Waals surface area (Å²) in [4.78, 5) is 3.25. The molecule has 2 atom stereocenters. The summed E-state index contributed by atoms with van der Waals surface area (Å²) in [5, 5.41) is 4.79. The summed E-state index contributed by atoms with van der Waals surface area (Å²) in [7, 11) is -4.29. The van der Waals surface area contributed by atoms with Crippen LogP contribution in [0.1, 0.15) is 30.9 Å². The molecular weight excluding hydrogens is 530 g/mol. The number of nitrogens with zero attached hydrogens (tertiary/aromatic N) is 1. The summed E-state index contributed by atoms with van der Waals surface area (Å²) >= 11 is 1.14. The van der Waals surface area contributed by atoms with Crippen LogP contribution in [0.25, 0.3) is 5.57 Å². The first kappa shape index (κ1) is 27.1. The molecule has 2 N–H and O–H groups in total. The zero-order valence-corrected chi connectivity index (χ0v) is 21.4. The maximum atomic E-state index is 14.0. The first-order valence-corrected chi connectivity index (χ1v) is 14.0. The van der Waals surface area contributed by atoms with E-state index in [0.29, 0.717) is 12.6 Å². The first-order valence-electron chi connectivity index (χ1n) is 11.5. The molecule has 0 bridgehead atoms. The molecule has 3 aromatic rings. The van der Waals surface area contributed by atoms with Crippen molar-refractivity contribution in [3.05, 3.63) is 76.4 Å². The maximum Gasteiger partial charge on any atom is 0.420 e. The Morgan fingerprint density at radius 3 is 2.57 bits per heavy atom. The van der Waals surface area contributed by atoms with Crippen LogP contribution >= 0.6 is 11.3 Å². The Balaban J connectivity index is 1.62. The largest absolute Gasteiger partial charge is 0.492 e. The van der Waals surface area contributed by atoms with Gasteiger partial charge in [-0.3, -0.25) is 4.72 Å². The second-order valence-corrected chi connectivity index (χ2v) is 10.9. The van der Waals surface area contributed by atoms with Crippen LogP contribution in [0.3, 0.4) is 0 Å². The Hall–Kier alpha value is -2.96. The highest BCUT2D eigenvalue weighted by Crippen LogP contribution is 2.39. The summed E-state index contributed by atoms with van der Waals surface area (Å²) in [5.41, 5.74) is 1.83. The molecule has 0 aliphatic heterocycles. The third kappa shape index (κ3) is 6.49. The van der Waals surface area contributed by atoms with Gasteiger partial charge in [0.15, 0.2) is 5.82 Å². The number of nitrogens with one attached hydrogen (secondary N) is 2. The maximum absolute atomic E-state index is 14.0. The Kier molecular flexibility index (Phi) is 8.20. The van der Waals surface area contributed by atoms with Gasteiger partial charge < -0.3 is 10.1 Å². The van der Waals surface area contributed by atoms with Gasteiger partial charge in [-0.05, 0) is 60.9 Å². The van der Waals surface area contributed by atoms with E-state index in [1.807, 2.05) is 13.0 Å². The van der Waals surface area contributed by atoms with E-state index in [4.69, 9.17) is 4.74 Å². The Labute approximate surface area is 216 Å². The molecule has 0 saturated heterocycles. The lowest BCUT2D eigenvalue weighted by Crippen LogP contribution is -2.41. The van der Waals surface area contributed by atoms with Gasteiger partial charge >= 0.3 is 6.18 Å². The highest BCUT2D eigenvalue weighted by molar-refractivity contribution is 7.92. The highest BCUT2D eigenvalue weighted by Gasteiger charge is 2.37. The molecule has 1 aromatic heterocycles. The quantitative estimate of drug-likeness (QED) is 0.319. The van der Waals surface area contributed by atoms with E-state index in [1.54, 1.807) is 12.1 Å². The molecule has 2 aromatic carbocycles. The van der Waals surface area contributed by atoms with Crippen molar-refractivity contribution in [3.63, 3.8) is 0 Å². The van der Waals surface area contributed by atoms with Gasteiger partial charge in [-0.25, -0.2) is 17.8 Å². The van der Waals surface area contributed by atoms with Crippen LogP contribution in [0.15, 0.2) is 64.3 Å². The van der Waals surface area contributed by atoms with Gasteiger partial charge in [0.05, 0.1) is 22.6 Å². The fourth-order valence-corrected chi connectivity index (χ4v) is 5.92. The molecule has 0 amide bonds. The number of benzene rings is 2. The SMILES string of the molecule is CCNC1CCC=C(c2ccc(F)cc2)C1COc1ccc(S(=O)(=O)Nc2cscn2)cc1C(F)(F)F. The lowest BCUT2D eigenvalue weighted by Gasteiger charge is -2.34. The first-order chi connectivity index (χ1) is 17.6. The van der Waals surface area contributed by atoms with Gasteiger partial charge in [0, 0.05) is 17.3 Å². The third-order valence-corrected chi connectivity index (χ3v) is 7.97. The smallest absolute Gasteiger partial charge is 0.420 e. The predicted octanol–water partition coefficient (Wildman–Crippen LogP) is 5.95. The fourth-order valence-electron chi connectivity index (χ4n) is 4.34. The molecule has 0 spiro atoms. The summed E-state index contributed by atoms with van der Waals surface area (Å²) in [5.74, 6) is -1.15. The molecule has 6 nitrogen and oxygen atoms in total. The van der Waals surface area contributed by atoms with E-state index in [-0.39, 0.29) is 30.2 Å². The number of alkyl halides is 3. The van der Waals surface area contributed by atoms with Gasteiger partial charge in [-0.1, -0.05) is 25.1 Å². The second kappa shape index (κ2) is 11.2. The van der Waals surface area contributed by atoms with Crippen LogP contribution in [0.4, 0.5) is 23.4 Å². The molecule has 1 heterocycles. The molecule has 12 heteroatoms. The Morgan fingerprint density at radius 1 is 1.16 bits per heavy atom. The number of allylic oxidation sites excluding steroid dienone is 1. The summed E-state index contributed by atoms with van der Waals surface area (Å²) in [6, 6.07) is 8.53. The van der Waals surface area contributed by atoms with Crippen molar-refractivity contribution in [3.8, 4) is 5.75 Å². The van der Waals surface area contributed by atoms with Gasteiger partial charge in [-0.15, -0.1) is 11.3 Å². The number of thiazole rings is 1. The molecule has 4 rings (SSSR count). The monoisotopic (exact) mass is 555 g/mol. The lowest BCUT2D eigenvalue weighted by atomic mass is 9.80. The average Bonchev–Trinajstić information content (AvgIpc) is 3.35. The number of sulfonamides is 1. The summed E-state index contributed by atoms with van der Waals surface area (Å²) in [6.45, 7) is 2.51. The Morgan fingerprint density at radius 2 is 1.92 bits per heavy atom. The van der Waals surface area contributed by atoms with Gasteiger partial charge in [-0.2, -0.15) is 13.2 Å². The van der Waals surface area contributed by atoms with Gasteiger partial charge in [0.2, 0.25) is 0 Å². The van der Waals surface area contributed by atoms with E-state index in [9.17, 15) is 26.0 Å². The lowest BCUT2D eigenvalue weighted by molar-refractivity contribution is -0.139. The van der Waals surface area contributed by atoms with Crippen LogP contribution in [-0.4, -0.2) is 32.6 Å². The molecule has 1 aliphatic rings. The number of ether oxygens (including phenoxy) is 1. The van der Waals surface area contributed by atoms with E-state index < -0.39 is 32.4 Å². The van der Waals surface area contributed by atoms with Crippen LogP contribution in [-0.2, 0) is 16.2 Å². The van der Waals surface area contributed by atoms with E-state index >= 15 is 0 Å². The molecule has 2 unspecified atom stereocenters. The van der Waals surface area contributed by atoms with Crippen molar-refractivity contribution in [1.29, 1.82) is 0 Å². The topological polar surface area (TPSA) is 80.3 Å². The van der Waals surface area contributed by atoms with Crippen molar-refractivity contribution >= 4 is 32.8 Å². The standard InChI is InChI=1S/C25H25F4N3O3S2/c1-2-30-22-5-3-4-19(16-6-8-17(26)9-7-16)20(22)13-35-23-11-10-18(12-21(23)25(27,28)29)37(33,34)32-24-14-36-15-31-24/h4,6-12,14-15,20,22,30,32H,2-3,5,13H2,1H3. The number of rotatable bonds is 9. The van der Waals surface area contributed by atoms with Gasteiger partial charge in [0.1, 0.15) is 11.6 Å². The van der Waals surface area contributed by atoms with E-state index in [0.717, 1.165) is 47.4 Å². The molecular formula is C25H25F4N3O3S2. The fraction of sp³-hybridized carbons (Fsp3) is 0.320. The zero-order valence-electron chi connectivity index (χ0n) is 19.8. The average molecular weight is 556 g/mol. The van der Waals surface area contributed by atoms with Crippen LogP contribution < -0.4 is 14.8 Å². The Bertz CT molecular complexity index is 1340. The van der Waals surface area contributed by atoms with Crippen LogP contribution in [0, 0.1) is 11.7 Å². The number of hydrogen-bond acceptors (Lipinski definition) is 6. The molecule has 1 aliphatic carbocycles. The second-order valence-electron chi connectivity index (χ2n) is 8.46. The molecule has 0 fully saturated rings. The van der Waals surface area contributed by atoms with E-state index in [1.165, 1.54) is 23.0 Å². The zero-order chi connectivity index (χ0) is 26.6. The normalized spacial score (nSPS) is 18.4. The van der Waals surface area contributed by atoms with Gasteiger partial charge in [0.25, 0.3) is 10.0 Å². The van der Waals surface area contributed by atoms with Crippen molar-refractivity contribution in [2.75, 3.05) is 17.9 Å². The van der Waals surface area contributed by atoms with Crippen LogP contribution in [0.2, 0.25) is 0 Å². The minimum absolute atomic E-state index is 0.0192. The van der Waals surface area contributed by atoms with Crippen molar-refractivity contribution in [2.24, 2.45) is 5.92 Å². The van der Waals surface area contributed by atoms with Crippen molar-refractivity contribution in [1.82, 2.24) is 10.3 Å². The predicted molar refractivity (Wildman–Crippen MR) is 134 cm³/mol. The molecule has 198 valence electrons. The summed E-state index contributed by atoms with van der Waals surface area (Å²) < 4.78 is 88.6. The number of aromatic nitrogens is 1. The van der Waals surface area contributed by atoms with E-state index in [2.05, 4.69) is 15.0 Å².